The number of halogens is 1. The molecule has 0 aromatic carbocycles. The number of rotatable bonds is 3. The van der Waals surface area contributed by atoms with Gasteiger partial charge in [0.15, 0.2) is 22.7 Å². The summed E-state index contributed by atoms with van der Waals surface area (Å²) in [5.41, 5.74) is 0.976. The fourth-order valence-electron chi connectivity index (χ4n) is 2.79. The van der Waals surface area contributed by atoms with Gasteiger partial charge in [-0.25, -0.2) is 4.98 Å². The maximum Gasteiger partial charge on any atom is 0.253 e. The van der Waals surface area contributed by atoms with Gasteiger partial charge >= 0.3 is 0 Å². The van der Waals surface area contributed by atoms with Crippen LogP contribution in [0.1, 0.15) is 19.0 Å². The highest BCUT2D eigenvalue weighted by molar-refractivity contribution is 7.92. The predicted octanol–water partition coefficient (Wildman–Crippen LogP) is 1.26. The third-order valence-corrected chi connectivity index (χ3v) is 5.87. The second-order valence-electron chi connectivity index (χ2n) is 5.18. The zero-order valence-corrected chi connectivity index (χ0v) is 13.6. The fourth-order valence-corrected chi connectivity index (χ4v) is 4.62. The van der Waals surface area contributed by atoms with E-state index in [1.807, 2.05) is 4.90 Å². The maximum absolute atomic E-state index is 11.4. The van der Waals surface area contributed by atoms with Crippen molar-refractivity contribution >= 4 is 34.5 Å². The summed E-state index contributed by atoms with van der Waals surface area (Å²) in [6, 6.07) is 0.201. The van der Waals surface area contributed by atoms with Crippen LogP contribution >= 0.6 is 11.6 Å². The standard InChI is InChI=1S/C13H18ClN4O2S/c1-8(19)18-5-3-9(7-18)15-12-11-10(16-13(14)17-12)4-6-21(11)20-2/h9H,3-7H2,1-2H3,(H,15,16,17)/q+1. The summed E-state index contributed by atoms with van der Waals surface area (Å²) in [7, 11) is 1.71. The molecule has 1 N–H and O–H groups in total. The predicted molar refractivity (Wildman–Crippen MR) is 82.5 cm³/mol. The number of nitrogens with zero attached hydrogens (tertiary/aromatic N) is 3. The molecule has 1 amide bonds. The molecule has 1 aromatic heterocycles. The Balaban J connectivity index is 1.81. The summed E-state index contributed by atoms with van der Waals surface area (Å²) in [6.45, 7) is 3.08. The van der Waals surface area contributed by atoms with E-state index in [2.05, 4.69) is 15.3 Å². The molecule has 0 spiro atoms. The molecule has 3 heterocycles. The van der Waals surface area contributed by atoms with E-state index >= 15 is 0 Å². The SMILES string of the molecule is CO[S+]1CCc2nc(Cl)nc(NC3CCN(C(C)=O)C3)c21. The van der Waals surface area contributed by atoms with Crippen LogP contribution in [0, 0.1) is 0 Å². The van der Waals surface area contributed by atoms with Crippen molar-refractivity contribution in [2.24, 2.45) is 0 Å². The maximum atomic E-state index is 11.4. The summed E-state index contributed by atoms with van der Waals surface area (Å²) < 4.78 is 5.54. The van der Waals surface area contributed by atoms with Crippen molar-refractivity contribution in [1.82, 2.24) is 14.9 Å². The fraction of sp³-hybridized carbons (Fsp3) is 0.615. The molecule has 21 heavy (non-hydrogen) atoms. The van der Waals surface area contributed by atoms with Gasteiger partial charge in [-0.1, -0.05) is 0 Å². The third-order valence-electron chi connectivity index (χ3n) is 3.84. The van der Waals surface area contributed by atoms with Gasteiger partial charge < -0.3 is 10.2 Å². The second-order valence-corrected chi connectivity index (χ2v) is 7.36. The summed E-state index contributed by atoms with van der Waals surface area (Å²) in [5, 5.41) is 3.69. The molecular formula is C13H18ClN4O2S+. The van der Waals surface area contributed by atoms with Gasteiger partial charge in [0.1, 0.15) is 5.69 Å². The van der Waals surface area contributed by atoms with Crippen LogP contribution in [0.2, 0.25) is 5.28 Å². The normalized spacial score (nSPS) is 24.2. The lowest BCUT2D eigenvalue weighted by Gasteiger charge is -2.16. The first-order valence-electron chi connectivity index (χ1n) is 6.92. The van der Waals surface area contributed by atoms with E-state index in [4.69, 9.17) is 15.8 Å². The van der Waals surface area contributed by atoms with Gasteiger partial charge in [-0.05, 0) is 18.0 Å². The quantitative estimate of drug-likeness (QED) is 0.668. The number of likely N-dealkylation sites (tertiary alicyclic amines) is 1. The molecule has 6 nitrogen and oxygen atoms in total. The number of nitrogens with one attached hydrogen (secondary N) is 1. The number of anilines is 1. The molecule has 1 saturated heterocycles. The minimum absolute atomic E-state index is 0.113. The smallest absolute Gasteiger partial charge is 0.253 e. The van der Waals surface area contributed by atoms with Crippen molar-refractivity contribution in [3.8, 4) is 0 Å². The number of aryl methyl sites for hydroxylation is 1. The van der Waals surface area contributed by atoms with Gasteiger partial charge in [0.25, 0.3) is 4.90 Å². The van der Waals surface area contributed by atoms with E-state index in [0.717, 1.165) is 41.5 Å². The average molecular weight is 330 g/mol. The van der Waals surface area contributed by atoms with Gasteiger partial charge in [-0.15, -0.1) is 0 Å². The molecule has 8 heteroatoms. The van der Waals surface area contributed by atoms with Crippen LogP contribution in [0.3, 0.4) is 0 Å². The topological polar surface area (TPSA) is 67.4 Å². The van der Waals surface area contributed by atoms with E-state index in [9.17, 15) is 4.79 Å². The first-order chi connectivity index (χ1) is 10.1. The minimum atomic E-state index is -0.273. The van der Waals surface area contributed by atoms with Crippen molar-refractivity contribution < 1.29 is 8.98 Å². The summed E-state index contributed by atoms with van der Waals surface area (Å²) in [5.74, 6) is 1.81. The van der Waals surface area contributed by atoms with E-state index in [-0.39, 0.29) is 28.4 Å². The number of aromatic nitrogens is 2. The van der Waals surface area contributed by atoms with Crippen molar-refractivity contribution in [2.45, 2.75) is 30.7 Å². The van der Waals surface area contributed by atoms with Gasteiger partial charge in [0.2, 0.25) is 11.2 Å². The molecule has 0 saturated carbocycles. The number of hydrogen-bond donors (Lipinski definition) is 1. The van der Waals surface area contributed by atoms with Crippen LogP contribution in [0.25, 0.3) is 0 Å². The molecule has 0 aliphatic carbocycles. The van der Waals surface area contributed by atoms with Crippen LogP contribution in [-0.2, 0) is 26.6 Å². The monoisotopic (exact) mass is 329 g/mol. The lowest BCUT2D eigenvalue weighted by molar-refractivity contribution is -0.127. The second kappa shape index (κ2) is 5.98. The zero-order valence-electron chi connectivity index (χ0n) is 12.1. The van der Waals surface area contributed by atoms with Crippen molar-refractivity contribution in [2.75, 3.05) is 31.3 Å². The van der Waals surface area contributed by atoms with Gasteiger partial charge in [0.05, 0.1) is 7.11 Å². The molecular weight excluding hydrogens is 312 g/mol. The Morgan fingerprint density at radius 2 is 2.33 bits per heavy atom. The Morgan fingerprint density at radius 3 is 3.00 bits per heavy atom. The number of hydrogen-bond acceptors (Lipinski definition) is 5. The van der Waals surface area contributed by atoms with E-state index in [1.54, 1.807) is 14.0 Å². The summed E-state index contributed by atoms with van der Waals surface area (Å²) >= 11 is 5.75. The van der Waals surface area contributed by atoms with E-state index < -0.39 is 0 Å². The number of amides is 1. The van der Waals surface area contributed by atoms with E-state index in [0.29, 0.717) is 6.54 Å². The summed E-state index contributed by atoms with van der Waals surface area (Å²) in [6.07, 6.45) is 1.78. The molecule has 0 radical (unpaired) electrons. The van der Waals surface area contributed by atoms with Crippen LogP contribution in [0.5, 0.6) is 0 Å². The highest BCUT2D eigenvalue weighted by atomic mass is 35.5. The number of fused-ring (bicyclic) bond motifs is 1. The Morgan fingerprint density at radius 1 is 1.52 bits per heavy atom. The van der Waals surface area contributed by atoms with Crippen LogP contribution in [0.15, 0.2) is 4.90 Å². The number of carbonyl (C=O) groups excluding carboxylic acids is 1. The Labute approximate surface area is 131 Å². The Hall–Kier alpha value is -1.05. The highest BCUT2D eigenvalue weighted by Crippen LogP contribution is 2.34. The lowest BCUT2D eigenvalue weighted by atomic mass is 10.2. The van der Waals surface area contributed by atoms with Crippen LogP contribution < -0.4 is 5.32 Å². The van der Waals surface area contributed by atoms with Gasteiger partial charge in [0, 0.05) is 32.5 Å². The molecule has 114 valence electrons. The zero-order chi connectivity index (χ0) is 15.0. The lowest BCUT2D eigenvalue weighted by Crippen LogP contribution is -2.30. The molecule has 2 aliphatic heterocycles. The average Bonchev–Trinajstić information content (AvgIpc) is 3.04. The minimum Gasteiger partial charge on any atom is -0.361 e. The van der Waals surface area contributed by atoms with E-state index in [1.165, 1.54) is 0 Å². The van der Waals surface area contributed by atoms with Crippen molar-refractivity contribution in [1.29, 1.82) is 0 Å². The molecule has 3 rings (SSSR count). The molecule has 0 bridgehead atoms. The summed E-state index contributed by atoms with van der Waals surface area (Å²) in [4.78, 5) is 23.0. The van der Waals surface area contributed by atoms with Gasteiger partial charge in [-0.3, -0.25) is 4.79 Å². The Bertz CT molecular complexity index is 571. The molecule has 1 fully saturated rings. The van der Waals surface area contributed by atoms with Crippen LogP contribution in [0.4, 0.5) is 5.82 Å². The van der Waals surface area contributed by atoms with Crippen molar-refractivity contribution in [3.05, 3.63) is 11.0 Å². The largest absolute Gasteiger partial charge is 0.361 e. The number of carbonyl (C=O) groups is 1. The molecule has 2 aliphatic rings. The first-order valence-corrected chi connectivity index (χ1v) is 8.62. The van der Waals surface area contributed by atoms with Crippen LogP contribution in [-0.4, -0.2) is 52.8 Å². The molecule has 2 atom stereocenters. The van der Waals surface area contributed by atoms with Crippen molar-refractivity contribution in [3.63, 3.8) is 0 Å². The third kappa shape index (κ3) is 2.95. The molecule has 2 unspecified atom stereocenters. The first kappa shape index (κ1) is 14.9. The van der Waals surface area contributed by atoms with Gasteiger partial charge in [-0.2, -0.15) is 9.17 Å². The molecule has 1 aromatic rings. The highest BCUT2D eigenvalue weighted by Gasteiger charge is 2.40. The Kier molecular flexibility index (Phi) is 4.24.